The van der Waals surface area contributed by atoms with Crippen molar-refractivity contribution in [2.45, 2.75) is 0 Å². The van der Waals surface area contributed by atoms with E-state index < -0.39 is 0 Å². The first-order chi connectivity index (χ1) is 9.25. The third kappa shape index (κ3) is 4.39. The number of hydrazone groups is 1. The number of amides is 1. The van der Waals surface area contributed by atoms with Crippen molar-refractivity contribution in [2.24, 2.45) is 5.10 Å². The van der Waals surface area contributed by atoms with Crippen molar-refractivity contribution in [1.29, 1.82) is 0 Å². The third-order valence-corrected chi connectivity index (χ3v) is 3.16. The SMILES string of the molecule is O=C(COc1ccccc1Cl)NN=Cc1ccsc1. The Bertz CT molecular complexity index is 570. The molecule has 4 nitrogen and oxygen atoms in total. The maximum atomic E-state index is 11.5. The van der Waals surface area contributed by atoms with Gasteiger partial charge in [-0.2, -0.15) is 16.4 Å². The molecule has 0 saturated carbocycles. The molecule has 1 heterocycles. The number of ether oxygens (including phenoxy) is 1. The third-order valence-electron chi connectivity index (χ3n) is 2.14. The lowest BCUT2D eigenvalue weighted by atomic mass is 10.3. The van der Waals surface area contributed by atoms with E-state index in [1.165, 1.54) is 0 Å². The lowest BCUT2D eigenvalue weighted by Crippen LogP contribution is -2.24. The van der Waals surface area contributed by atoms with Crippen LogP contribution in [-0.4, -0.2) is 18.7 Å². The Labute approximate surface area is 119 Å². The molecule has 2 aromatic rings. The van der Waals surface area contributed by atoms with Gasteiger partial charge in [0, 0.05) is 5.56 Å². The van der Waals surface area contributed by atoms with Crippen molar-refractivity contribution in [2.75, 3.05) is 6.61 Å². The summed E-state index contributed by atoms with van der Waals surface area (Å²) >= 11 is 7.46. The van der Waals surface area contributed by atoms with Gasteiger partial charge in [-0.25, -0.2) is 5.43 Å². The predicted molar refractivity (Wildman–Crippen MR) is 77.0 cm³/mol. The number of para-hydroxylation sites is 1. The highest BCUT2D eigenvalue weighted by atomic mass is 35.5. The van der Waals surface area contributed by atoms with Crippen LogP contribution in [0.2, 0.25) is 5.02 Å². The Morgan fingerprint density at radius 3 is 3.00 bits per heavy atom. The van der Waals surface area contributed by atoms with E-state index in [1.54, 1.807) is 41.8 Å². The average molecular weight is 295 g/mol. The van der Waals surface area contributed by atoms with E-state index in [2.05, 4.69) is 10.5 Å². The van der Waals surface area contributed by atoms with Crippen molar-refractivity contribution in [3.8, 4) is 5.75 Å². The maximum Gasteiger partial charge on any atom is 0.277 e. The molecule has 1 aromatic heterocycles. The van der Waals surface area contributed by atoms with Crippen LogP contribution >= 0.6 is 22.9 Å². The Morgan fingerprint density at radius 2 is 2.26 bits per heavy atom. The number of nitrogens with zero attached hydrogens (tertiary/aromatic N) is 1. The van der Waals surface area contributed by atoms with E-state index in [0.717, 1.165) is 5.56 Å². The molecule has 0 unspecified atom stereocenters. The van der Waals surface area contributed by atoms with Crippen LogP contribution in [0.15, 0.2) is 46.2 Å². The minimum absolute atomic E-state index is 0.134. The van der Waals surface area contributed by atoms with Gasteiger partial charge in [0.25, 0.3) is 5.91 Å². The summed E-state index contributed by atoms with van der Waals surface area (Å²) in [6, 6.07) is 8.88. The topological polar surface area (TPSA) is 50.7 Å². The fourth-order valence-corrected chi connectivity index (χ4v) is 2.07. The van der Waals surface area contributed by atoms with E-state index in [-0.39, 0.29) is 12.5 Å². The van der Waals surface area contributed by atoms with Gasteiger partial charge in [0.15, 0.2) is 6.61 Å². The summed E-state index contributed by atoms with van der Waals surface area (Å²) in [5.41, 5.74) is 3.32. The summed E-state index contributed by atoms with van der Waals surface area (Å²) in [5, 5.41) is 8.15. The van der Waals surface area contributed by atoms with Gasteiger partial charge in [0.05, 0.1) is 11.2 Å². The standard InChI is InChI=1S/C13H11ClN2O2S/c14-11-3-1-2-4-12(11)18-8-13(17)16-15-7-10-5-6-19-9-10/h1-7,9H,8H2,(H,16,17). The zero-order valence-electron chi connectivity index (χ0n) is 9.88. The number of hydrogen-bond acceptors (Lipinski definition) is 4. The molecule has 0 aliphatic rings. The van der Waals surface area contributed by atoms with Gasteiger partial charge in [-0.15, -0.1) is 0 Å². The summed E-state index contributed by atoms with van der Waals surface area (Å²) in [4.78, 5) is 11.5. The molecule has 1 N–H and O–H groups in total. The molecule has 0 fully saturated rings. The molecule has 19 heavy (non-hydrogen) atoms. The Kier molecular flexibility index (Phi) is 4.94. The van der Waals surface area contributed by atoms with E-state index >= 15 is 0 Å². The van der Waals surface area contributed by atoms with Crippen LogP contribution in [0.4, 0.5) is 0 Å². The molecule has 0 aliphatic heterocycles. The van der Waals surface area contributed by atoms with Gasteiger partial charge in [-0.05, 0) is 29.0 Å². The highest BCUT2D eigenvalue weighted by molar-refractivity contribution is 7.08. The fraction of sp³-hybridized carbons (Fsp3) is 0.0769. The average Bonchev–Trinajstić information content (AvgIpc) is 2.91. The molecule has 6 heteroatoms. The molecule has 0 aliphatic carbocycles. The molecule has 98 valence electrons. The maximum absolute atomic E-state index is 11.5. The lowest BCUT2D eigenvalue weighted by molar-refractivity contribution is -0.123. The number of thiophene rings is 1. The highest BCUT2D eigenvalue weighted by Gasteiger charge is 2.03. The van der Waals surface area contributed by atoms with Crippen molar-refractivity contribution in [3.05, 3.63) is 51.7 Å². The van der Waals surface area contributed by atoms with Gasteiger partial charge in [-0.1, -0.05) is 23.7 Å². The summed E-state index contributed by atoms with van der Waals surface area (Å²) in [5.74, 6) is 0.132. The zero-order valence-corrected chi connectivity index (χ0v) is 11.4. The van der Waals surface area contributed by atoms with Gasteiger partial charge in [0.1, 0.15) is 5.75 Å². The summed E-state index contributed by atoms with van der Waals surface area (Å²) < 4.78 is 5.27. The Morgan fingerprint density at radius 1 is 1.42 bits per heavy atom. The molecule has 1 aromatic carbocycles. The first-order valence-corrected chi connectivity index (χ1v) is 6.79. The van der Waals surface area contributed by atoms with E-state index in [9.17, 15) is 4.79 Å². The zero-order chi connectivity index (χ0) is 13.5. The van der Waals surface area contributed by atoms with Crippen LogP contribution < -0.4 is 10.2 Å². The number of hydrogen-bond donors (Lipinski definition) is 1. The quantitative estimate of drug-likeness (QED) is 0.681. The van der Waals surface area contributed by atoms with Crippen molar-refractivity contribution < 1.29 is 9.53 Å². The molecular formula is C13H11ClN2O2S. The number of rotatable bonds is 5. The second-order valence-corrected chi connectivity index (χ2v) is 4.76. The normalized spacial score (nSPS) is 10.6. The number of carbonyl (C=O) groups is 1. The van der Waals surface area contributed by atoms with Crippen molar-refractivity contribution >= 4 is 35.1 Å². The second kappa shape index (κ2) is 6.92. The smallest absolute Gasteiger partial charge is 0.277 e. The number of benzene rings is 1. The Balaban J connectivity index is 1.78. The highest BCUT2D eigenvalue weighted by Crippen LogP contribution is 2.22. The molecule has 2 rings (SSSR count). The first-order valence-electron chi connectivity index (χ1n) is 5.47. The van der Waals surface area contributed by atoms with Gasteiger partial charge in [-0.3, -0.25) is 4.79 Å². The molecule has 0 radical (unpaired) electrons. The Hall–Kier alpha value is -1.85. The largest absolute Gasteiger partial charge is 0.482 e. The monoisotopic (exact) mass is 294 g/mol. The van der Waals surface area contributed by atoms with Gasteiger partial charge < -0.3 is 4.74 Å². The predicted octanol–water partition coefficient (Wildman–Crippen LogP) is 2.93. The lowest BCUT2D eigenvalue weighted by Gasteiger charge is -2.06. The second-order valence-electron chi connectivity index (χ2n) is 3.57. The summed E-state index contributed by atoms with van der Waals surface area (Å²) in [6.45, 7) is -0.134. The fourth-order valence-electron chi connectivity index (χ4n) is 1.26. The summed E-state index contributed by atoms with van der Waals surface area (Å²) in [7, 11) is 0. The van der Waals surface area contributed by atoms with Crippen LogP contribution in [-0.2, 0) is 4.79 Å². The number of halogens is 1. The summed E-state index contributed by atoms with van der Waals surface area (Å²) in [6.07, 6.45) is 1.57. The molecule has 1 amide bonds. The van der Waals surface area contributed by atoms with Crippen molar-refractivity contribution in [1.82, 2.24) is 5.43 Å². The molecule has 0 spiro atoms. The number of carbonyl (C=O) groups excluding carboxylic acids is 1. The first kappa shape index (κ1) is 13.6. The van der Waals surface area contributed by atoms with E-state index in [1.807, 2.05) is 16.8 Å². The van der Waals surface area contributed by atoms with Crippen molar-refractivity contribution in [3.63, 3.8) is 0 Å². The van der Waals surface area contributed by atoms with Crippen LogP contribution in [0.1, 0.15) is 5.56 Å². The van der Waals surface area contributed by atoms with Crippen LogP contribution in [0, 0.1) is 0 Å². The molecule has 0 atom stereocenters. The van der Waals surface area contributed by atoms with E-state index in [0.29, 0.717) is 10.8 Å². The minimum atomic E-state index is -0.341. The molecule has 0 saturated heterocycles. The minimum Gasteiger partial charge on any atom is -0.482 e. The van der Waals surface area contributed by atoms with Crippen LogP contribution in [0.3, 0.4) is 0 Å². The van der Waals surface area contributed by atoms with E-state index in [4.69, 9.17) is 16.3 Å². The van der Waals surface area contributed by atoms with Crippen LogP contribution in [0.5, 0.6) is 5.75 Å². The van der Waals surface area contributed by atoms with Gasteiger partial charge in [0.2, 0.25) is 0 Å². The molecular weight excluding hydrogens is 284 g/mol. The molecule has 0 bridgehead atoms. The van der Waals surface area contributed by atoms with Crippen LogP contribution in [0.25, 0.3) is 0 Å². The van der Waals surface area contributed by atoms with Gasteiger partial charge >= 0.3 is 0 Å². The number of nitrogens with one attached hydrogen (secondary N) is 1.